The van der Waals surface area contributed by atoms with Gasteiger partial charge in [0.1, 0.15) is 0 Å². The molecule has 4 nitrogen and oxygen atoms in total. The summed E-state index contributed by atoms with van der Waals surface area (Å²) in [6.07, 6.45) is 0.600. The molecule has 4 aromatic rings. The van der Waals surface area contributed by atoms with Crippen LogP contribution in [-0.4, -0.2) is 17.9 Å². The molecule has 0 saturated carbocycles. The fraction of sp³-hybridized carbons (Fsp3) is 0.161. The van der Waals surface area contributed by atoms with Crippen LogP contribution in [0.15, 0.2) is 103 Å². The molecule has 180 valence electrons. The van der Waals surface area contributed by atoms with Crippen molar-refractivity contribution >= 4 is 34.8 Å². The van der Waals surface area contributed by atoms with Crippen LogP contribution in [0.25, 0.3) is 0 Å². The van der Waals surface area contributed by atoms with E-state index in [2.05, 4.69) is 0 Å². The molecule has 0 bridgehead atoms. The van der Waals surface area contributed by atoms with Gasteiger partial charge in [0.05, 0.1) is 6.04 Å². The minimum Gasteiger partial charge on any atom is -0.305 e. The molecule has 1 heterocycles. The Hall–Kier alpha value is -3.89. The number of carbonyl (C=O) groups is 2. The molecule has 2 unspecified atom stereocenters. The van der Waals surface area contributed by atoms with Crippen LogP contribution in [0.2, 0.25) is 5.02 Å². The van der Waals surface area contributed by atoms with Gasteiger partial charge in [-0.1, -0.05) is 65.7 Å². The third-order valence-electron chi connectivity index (χ3n) is 6.73. The molecule has 0 aliphatic carbocycles. The van der Waals surface area contributed by atoms with Crippen LogP contribution < -0.4 is 9.80 Å². The van der Waals surface area contributed by atoms with Crippen LogP contribution in [0, 0.1) is 6.92 Å². The molecule has 5 rings (SSSR count). The maximum Gasteiger partial charge on any atom is 0.258 e. The third-order valence-corrected chi connectivity index (χ3v) is 6.99. The average Bonchev–Trinajstić information content (AvgIpc) is 2.90. The molecule has 0 N–H and O–H groups in total. The number of hydrogen-bond donors (Lipinski definition) is 0. The molecule has 1 aliphatic heterocycles. The van der Waals surface area contributed by atoms with E-state index in [1.807, 2.05) is 103 Å². The molecule has 4 aromatic carbocycles. The van der Waals surface area contributed by atoms with Crippen LogP contribution >= 0.6 is 11.6 Å². The van der Waals surface area contributed by atoms with E-state index in [1.165, 1.54) is 0 Å². The van der Waals surface area contributed by atoms with Gasteiger partial charge in [-0.25, -0.2) is 0 Å². The van der Waals surface area contributed by atoms with Crippen molar-refractivity contribution in [1.82, 2.24) is 0 Å². The zero-order chi connectivity index (χ0) is 25.2. The molecule has 0 fully saturated rings. The van der Waals surface area contributed by atoms with Gasteiger partial charge in [-0.2, -0.15) is 0 Å². The normalized spacial score (nSPS) is 16.8. The maximum absolute atomic E-state index is 14.0. The smallest absolute Gasteiger partial charge is 0.258 e. The van der Waals surface area contributed by atoms with E-state index in [1.54, 1.807) is 24.3 Å². The zero-order valence-corrected chi connectivity index (χ0v) is 21.0. The van der Waals surface area contributed by atoms with Crippen molar-refractivity contribution in [2.75, 3.05) is 9.80 Å². The second-order valence-corrected chi connectivity index (χ2v) is 9.65. The first-order valence-electron chi connectivity index (χ1n) is 12.1. The van der Waals surface area contributed by atoms with E-state index >= 15 is 0 Å². The van der Waals surface area contributed by atoms with E-state index in [9.17, 15) is 9.59 Å². The van der Waals surface area contributed by atoms with Crippen molar-refractivity contribution in [1.29, 1.82) is 0 Å². The van der Waals surface area contributed by atoms with E-state index in [-0.39, 0.29) is 23.9 Å². The van der Waals surface area contributed by atoms with E-state index in [4.69, 9.17) is 11.6 Å². The number of carbonyl (C=O) groups excluding carboxylic acids is 2. The van der Waals surface area contributed by atoms with Crippen molar-refractivity contribution in [2.45, 2.75) is 32.4 Å². The van der Waals surface area contributed by atoms with Crippen LogP contribution in [0.1, 0.15) is 51.2 Å². The monoisotopic (exact) mass is 494 g/mol. The van der Waals surface area contributed by atoms with Gasteiger partial charge in [-0.15, -0.1) is 0 Å². The summed E-state index contributed by atoms with van der Waals surface area (Å²) < 4.78 is 0. The quantitative estimate of drug-likeness (QED) is 0.295. The number of aryl methyl sites for hydroxylation is 1. The predicted molar refractivity (Wildman–Crippen MR) is 146 cm³/mol. The molecule has 2 atom stereocenters. The Balaban J connectivity index is 1.60. The van der Waals surface area contributed by atoms with Gasteiger partial charge < -0.3 is 9.80 Å². The molecule has 5 heteroatoms. The Bertz CT molecular complexity index is 1380. The lowest BCUT2D eigenvalue weighted by atomic mass is 9.89. The van der Waals surface area contributed by atoms with Crippen LogP contribution in [-0.2, 0) is 0 Å². The second kappa shape index (κ2) is 10.00. The number of nitrogens with zero attached hydrogens (tertiary/aromatic N) is 2. The highest BCUT2D eigenvalue weighted by molar-refractivity contribution is 6.30. The Labute approximate surface area is 216 Å². The highest BCUT2D eigenvalue weighted by Gasteiger charge is 2.39. The summed E-state index contributed by atoms with van der Waals surface area (Å²) in [5, 5.41) is 0.590. The molecule has 2 amide bonds. The van der Waals surface area contributed by atoms with Gasteiger partial charge >= 0.3 is 0 Å². The van der Waals surface area contributed by atoms with Crippen LogP contribution in [0.5, 0.6) is 0 Å². The number of rotatable bonds is 4. The molecule has 0 aromatic heterocycles. The van der Waals surface area contributed by atoms with Gasteiger partial charge in [0, 0.05) is 33.6 Å². The van der Waals surface area contributed by atoms with Crippen LogP contribution in [0.4, 0.5) is 11.4 Å². The van der Waals surface area contributed by atoms with Gasteiger partial charge in [-0.3, -0.25) is 9.59 Å². The number of hydrogen-bond acceptors (Lipinski definition) is 2. The molecule has 36 heavy (non-hydrogen) atoms. The topological polar surface area (TPSA) is 40.6 Å². The van der Waals surface area contributed by atoms with Crippen molar-refractivity contribution in [2.24, 2.45) is 0 Å². The van der Waals surface area contributed by atoms with Crippen molar-refractivity contribution in [3.05, 3.63) is 130 Å². The van der Waals surface area contributed by atoms with Crippen molar-refractivity contribution in [3.63, 3.8) is 0 Å². The lowest BCUT2D eigenvalue weighted by molar-refractivity contribution is 0.0965. The zero-order valence-electron chi connectivity index (χ0n) is 20.3. The first-order chi connectivity index (χ1) is 17.4. The van der Waals surface area contributed by atoms with E-state index in [0.29, 0.717) is 22.6 Å². The Morgan fingerprint density at radius 3 is 2.11 bits per heavy atom. The fourth-order valence-electron chi connectivity index (χ4n) is 4.93. The number of halogens is 1. The van der Waals surface area contributed by atoms with Crippen LogP contribution in [0.3, 0.4) is 0 Å². The third kappa shape index (κ3) is 4.52. The Morgan fingerprint density at radius 1 is 0.806 bits per heavy atom. The van der Waals surface area contributed by atoms with Gasteiger partial charge in [-0.05, 0) is 80.4 Å². The largest absolute Gasteiger partial charge is 0.305 e. The molecular formula is C31H27ClN2O2. The molecule has 1 aliphatic rings. The number of amides is 2. The Morgan fingerprint density at radius 2 is 1.42 bits per heavy atom. The van der Waals surface area contributed by atoms with Crippen molar-refractivity contribution in [3.8, 4) is 0 Å². The summed E-state index contributed by atoms with van der Waals surface area (Å²) in [6.45, 7) is 4.05. The molecule has 0 saturated heterocycles. The maximum atomic E-state index is 14.0. The number of fused-ring (bicyclic) bond motifs is 1. The molecule has 0 spiro atoms. The van der Waals surface area contributed by atoms with Gasteiger partial charge in [0.15, 0.2) is 0 Å². The standard InChI is InChI=1S/C31H27ClN2O2/c1-21-12-14-23(15-13-21)31(36)34(26-8-4-3-5-9-26)29-20-22(2)33(28-11-7-6-10-27(28)29)30(35)24-16-18-25(32)19-17-24/h3-19,22,29H,20H2,1-2H3. The molecular weight excluding hydrogens is 468 g/mol. The first kappa shape index (κ1) is 23.8. The van der Waals surface area contributed by atoms with E-state index < -0.39 is 0 Å². The SMILES string of the molecule is Cc1ccc(C(=O)N(c2ccccc2)C2CC(C)N(C(=O)c3ccc(Cl)cc3)c3ccccc32)cc1. The second-order valence-electron chi connectivity index (χ2n) is 9.22. The number of para-hydroxylation sites is 2. The highest BCUT2D eigenvalue weighted by Crippen LogP contribution is 2.43. The summed E-state index contributed by atoms with van der Waals surface area (Å²) >= 11 is 6.05. The summed E-state index contributed by atoms with van der Waals surface area (Å²) in [5.74, 6) is -0.146. The minimum atomic E-state index is -0.235. The summed E-state index contributed by atoms with van der Waals surface area (Å²) in [6, 6.07) is 31.9. The average molecular weight is 495 g/mol. The van der Waals surface area contributed by atoms with Gasteiger partial charge in [0.25, 0.3) is 11.8 Å². The Kier molecular flexibility index (Phi) is 6.62. The lowest BCUT2D eigenvalue weighted by Crippen LogP contribution is -2.47. The fourth-order valence-corrected chi connectivity index (χ4v) is 5.06. The lowest BCUT2D eigenvalue weighted by Gasteiger charge is -2.43. The number of anilines is 2. The summed E-state index contributed by atoms with van der Waals surface area (Å²) in [5.41, 5.74) is 4.91. The first-order valence-corrected chi connectivity index (χ1v) is 12.4. The minimum absolute atomic E-state index is 0.0642. The molecule has 0 radical (unpaired) electrons. The van der Waals surface area contributed by atoms with E-state index in [0.717, 1.165) is 22.5 Å². The number of benzene rings is 4. The summed E-state index contributed by atoms with van der Waals surface area (Å²) in [7, 11) is 0. The highest BCUT2D eigenvalue weighted by atomic mass is 35.5. The van der Waals surface area contributed by atoms with Crippen molar-refractivity contribution < 1.29 is 9.59 Å². The summed E-state index contributed by atoms with van der Waals surface area (Å²) in [4.78, 5) is 31.3. The predicted octanol–water partition coefficient (Wildman–Crippen LogP) is 7.48. The van der Waals surface area contributed by atoms with Gasteiger partial charge in [0.2, 0.25) is 0 Å².